The van der Waals surface area contributed by atoms with E-state index in [0.717, 1.165) is 27.8 Å². The topological polar surface area (TPSA) is 106 Å². The van der Waals surface area contributed by atoms with E-state index in [2.05, 4.69) is 22.5 Å². The molecule has 1 aliphatic rings. The molecule has 8 heteroatoms. The van der Waals surface area contributed by atoms with Crippen LogP contribution in [0.25, 0.3) is 16.7 Å². The van der Waals surface area contributed by atoms with Crippen LogP contribution in [0.3, 0.4) is 0 Å². The third kappa shape index (κ3) is 7.26. The van der Waals surface area contributed by atoms with Gasteiger partial charge in [-0.25, -0.2) is 0 Å². The van der Waals surface area contributed by atoms with Gasteiger partial charge in [-0.3, -0.25) is 14.4 Å². The van der Waals surface area contributed by atoms with Crippen LogP contribution in [-0.4, -0.2) is 57.2 Å². The monoisotopic (exact) mass is 493 g/mol. The summed E-state index contributed by atoms with van der Waals surface area (Å²) in [6, 6.07) is 11.3. The third-order valence-electron chi connectivity index (χ3n) is 5.80. The molecule has 1 aliphatic carbocycles. The number of carbonyl (C=O) groups excluding carboxylic acids is 3. The van der Waals surface area contributed by atoms with Gasteiger partial charge in [0.15, 0.2) is 0 Å². The molecule has 0 heterocycles. The van der Waals surface area contributed by atoms with E-state index in [9.17, 15) is 14.4 Å². The molecule has 2 aromatic carbocycles. The molecule has 2 aromatic rings. The van der Waals surface area contributed by atoms with Gasteiger partial charge in [0.2, 0.25) is 11.8 Å². The van der Waals surface area contributed by atoms with Crippen LogP contribution in [0.2, 0.25) is 0 Å². The molecule has 0 unspecified atom stereocenters. The molecule has 0 fully saturated rings. The van der Waals surface area contributed by atoms with Gasteiger partial charge in [0.1, 0.15) is 0 Å². The lowest BCUT2D eigenvalue weighted by atomic mass is 10.0. The lowest BCUT2D eigenvalue weighted by Crippen LogP contribution is -2.28. The Morgan fingerprint density at radius 1 is 0.861 bits per heavy atom. The van der Waals surface area contributed by atoms with Gasteiger partial charge in [-0.15, -0.1) is 0 Å². The van der Waals surface area contributed by atoms with E-state index in [0.29, 0.717) is 44.0 Å². The van der Waals surface area contributed by atoms with Crippen LogP contribution in [0, 0.1) is 0 Å². The van der Waals surface area contributed by atoms with Crippen LogP contribution < -0.4 is 16.0 Å². The van der Waals surface area contributed by atoms with E-state index >= 15 is 0 Å². The van der Waals surface area contributed by atoms with Crippen molar-refractivity contribution in [3.8, 4) is 11.1 Å². The number of amides is 3. The summed E-state index contributed by atoms with van der Waals surface area (Å²) in [5.74, 6) is -0.404. The largest absolute Gasteiger partial charge is 0.383 e. The van der Waals surface area contributed by atoms with Crippen LogP contribution in [-0.2, 0) is 19.1 Å². The van der Waals surface area contributed by atoms with Gasteiger partial charge in [-0.2, -0.15) is 0 Å². The summed E-state index contributed by atoms with van der Waals surface area (Å²) in [6.45, 7) is 9.96. The van der Waals surface area contributed by atoms with Crippen molar-refractivity contribution in [3.05, 3.63) is 59.7 Å². The summed E-state index contributed by atoms with van der Waals surface area (Å²) in [4.78, 5) is 36.7. The number of benzene rings is 2. The second kappa shape index (κ2) is 13.0. The van der Waals surface area contributed by atoms with E-state index in [1.807, 2.05) is 44.2 Å². The van der Waals surface area contributed by atoms with Gasteiger partial charge in [-0.1, -0.05) is 18.7 Å². The van der Waals surface area contributed by atoms with Crippen molar-refractivity contribution in [3.63, 3.8) is 0 Å². The fourth-order valence-electron chi connectivity index (χ4n) is 4.00. The van der Waals surface area contributed by atoms with Gasteiger partial charge in [0, 0.05) is 44.3 Å². The molecule has 8 nitrogen and oxygen atoms in total. The molecule has 0 aliphatic heterocycles. The fraction of sp³-hybridized carbons (Fsp3) is 0.393. The number of hydrogen-bond donors (Lipinski definition) is 3. The van der Waals surface area contributed by atoms with Crippen LogP contribution in [0.1, 0.15) is 54.6 Å². The predicted molar refractivity (Wildman–Crippen MR) is 141 cm³/mol. The normalized spacial score (nSPS) is 11.7. The highest BCUT2D eigenvalue weighted by molar-refractivity contribution is 6.05. The average molecular weight is 494 g/mol. The molecule has 3 amide bonds. The van der Waals surface area contributed by atoms with Crippen molar-refractivity contribution < 1.29 is 23.9 Å². The van der Waals surface area contributed by atoms with Crippen molar-refractivity contribution in [1.29, 1.82) is 0 Å². The highest BCUT2D eigenvalue weighted by Crippen LogP contribution is 2.44. The first-order valence-electron chi connectivity index (χ1n) is 12.2. The van der Waals surface area contributed by atoms with E-state index in [-0.39, 0.29) is 36.7 Å². The molecule has 192 valence electrons. The molecule has 0 aromatic heterocycles. The summed E-state index contributed by atoms with van der Waals surface area (Å²) in [5.41, 5.74) is 5.88. The smallest absolute Gasteiger partial charge is 0.251 e. The Balaban J connectivity index is 1.56. The molecule has 0 atom stereocenters. The van der Waals surface area contributed by atoms with Gasteiger partial charge >= 0.3 is 0 Å². The van der Waals surface area contributed by atoms with Gasteiger partial charge in [0.25, 0.3) is 5.91 Å². The van der Waals surface area contributed by atoms with Crippen molar-refractivity contribution in [2.24, 2.45) is 0 Å². The lowest BCUT2D eigenvalue weighted by Gasteiger charge is -2.09. The molecule has 36 heavy (non-hydrogen) atoms. The first-order valence-corrected chi connectivity index (χ1v) is 12.2. The Bertz CT molecular complexity index is 1130. The standard InChI is InChI=1S/C28H35N3O5/c1-18(2)36-15-13-30-28(34)20-8-10-22-23-11-9-21(17-25(23)19(3)24(22)16-20)31-27(33)7-5-6-26(32)29-12-14-35-4/h8-11,16-18H,3,5-7,12-15H2,1-2,4H3,(H,29,32)(H,30,34)(H,31,33). The average Bonchev–Trinajstić information content (AvgIpc) is 3.12. The number of anilines is 1. The molecule has 0 saturated heterocycles. The third-order valence-corrected chi connectivity index (χ3v) is 5.80. The zero-order chi connectivity index (χ0) is 26.1. The summed E-state index contributed by atoms with van der Waals surface area (Å²) in [6.07, 6.45) is 1.11. The SMILES string of the molecule is C=C1c2cc(NC(=O)CCCC(=O)NCCOC)ccc2-c2ccc(C(=O)NCCOC(C)C)cc21. The van der Waals surface area contributed by atoms with Crippen LogP contribution in [0.5, 0.6) is 0 Å². The Hall–Kier alpha value is -3.49. The summed E-state index contributed by atoms with van der Waals surface area (Å²) >= 11 is 0. The van der Waals surface area contributed by atoms with E-state index < -0.39 is 0 Å². The molecular formula is C28H35N3O5. The fourth-order valence-corrected chi connectivity index (χ4v) is 4.00. The summed E-state index contributed by atoms with van der Waals surface area (Å²) in [5, 5.41) is 8.52. The molecule has 0 spiro atoms. The van der Waals surface area contributed by atoms with Crippen molar-refractivity contribution >= 4 is 29.0 Å². The van der Waals surface area contributed by atoms with Crippen molar-refractivity contribution in [2.75, 3.05) is 38.7 Å². The first-order chi connectivity index (χ1) is 17.3. The maximum absolute atomic E-state index is 12.6. The Morgan fingerprint density at radius 2 is 1.53 bits per heavy atom. The number of hydrogen-bond acceptors (Lipinski definition) is 5. The maximum atomic E-state index is 12.6. The summed E-state index contributed by atoms with van der Waals surface area (Å²) in [7, 11) is 1.58. The minimum Gasteiger partial charge on any atom is -0.383 e. The number of methoxy groups -OCH3 is 1. The summed E-state index contributed by atoms with van der Waals surface area (Å²) < 4.78 is 10.4. The molecule has 0 bridgehead atoms. The Morgan fingerprint density at radius 3 is 2.25 bits per heavy atom. The second-order valence-electron chi connectivity index (χ2n) is 8.92. The number of carbonyl (C=O) groups is 3. The van der Waals surface area contributed by atoms with E-state index in [1.54, 1.807) is 13.2 Å². The highest BCUT2D eigenvalue weighted by Gasteiger charge is 2.24. The predicted octanol–water partition coefficient (Wildman–Crippen LogP) is 3.75. The van der Waals surface area contributed by atoms with Crippen molar-refractivity contribution in [1.82, 2.24) is 10.6 Å². The maximum Gasteiger partial charge on any atom is 0.251 e. The number of rotatable bonds is 13. The highest BCUT2D eigenvalue weighted by atomic mass is 16.5. The van der Waals surface area contributed by atoms with Gasteiger partial charge in [0.05, 0.1) is 19.3 Å². The van der Waals surface area contributed by atoms with E-state index in [1.165, 1.54) is 0 Å². The number of fused-ring (bicyclic) bond motifs is 3. The first kappa shape index (κ1) is 27.1. The molecular weight excluding hydrogens is 458 g/mol. The minimum absolute atomic E-state index is 0.0941. The lowest BCUT2D eigenvalue weighted by molar-refractivity contribution is -0.121. The zero-order valence-corrected chi connectivity index (χ0v) is 21.2. The molecule has 3 N–H and O–H groups in total. The van der Waals surface area contributed by atoms with Crippen LogP contribution >= 0.6 is 0 Å². The van der Waals surface area contributed by atoms with Crippen LogP contribution in [0.4, 0.5) is 5.69 Å². The molecule has 0 saturated carbocycles. The number of ether oxygens (including phenoxy) is 2. The minimum atomic E-state index is -0.158. The van der Waals surface area contributed by atoms with Gasteiger partial charge in [-0.05, 0) is 72.4 Å². The quantitative estimate of drug-likeness (QED) is 0.315. The van der Waals surface area contributed by atoms with Crippen molar-refractivity contribution in [2.45, 2.75) is 39.2 Å². The zero-order valence-electron chi connectivity index (χ0n) is 21.2. The van der Waals surface area contributed by atoms with Gasteiger partial charge < -0.3 is 25.4 Å². The molecule has 0 radical (unpaired) electrons. The Kier molecular flexibility index (Phi) is 9.78. The number of nitrogens with one attached hydrogen (secondary N) is 3. The van der Waals surface area contributed by atoms with Crippen LogP contribution in [0.15, 0.2) is 43.0 Å². The molecule has 3 rings (SSSR count). The van der Waals surface area contributed by atoms with E-state index in [4.69, 9.17) is 9.47 Å². The second-order valence-corrected chi connectivity index (χ2v) is 8.92. The Labute approximate surface area is 212 Å².